The first-order valence-corrected chi connectivity index (χ1v) is 4.42. The third-order valence-corrected chi connectivity index (χ3v) is 1.85. The Labute approximate surface area is 77.5 Å². The van der Waals surface area contributed by atoms with Crippen LogP contribution in [0.3, 0.4) is 0 Å². The Bertz CT molecular complexity index is 258. The Hall–Kier alpha value is -1.10. The van der Waals surface area contributed by atoms with Crippen molar-refractivity contribution in [2.75, 3.05) is 12.3 Å². The van der Waals surface area contributed by atoms with Crippen molar-refractivity contribution in [1.29, 1.82) is 0 Å². The minimum Gasteiger partial charge on any atom is -0.365 e. The molecule has 1 heterocycles. The standard InChI is InChI=1S/C8H16N4O/c1-5(2)3-6(4-9)7-11-8(10)12-13-7/h5-6H,3-4,9H2,1-2H3,(H2,10,12). The van der Waals surface area contributed by atoms with E-state index < -0.39 is 0 Å². The molecule has 4 N–H and O–H groups in total. The summed E-state index contributed by atoms with van der Waals surface area (Å²) in [4.78, 5) is 3.95. The summed E-state index contributed by atoms with van der Waals surface area (Å²) in [6.45, 7) is 4.77. The quantitative estimate of drug-likeness (QED) is 0.720. The molecular formula is C8H16N4O. The SMILES string of the molecule is CC(C)CC(CN)c1nc(N)no1. The predicted octanol–water partition coefficient (Wildman–Crippen LogP) is 0.740. The van der Waals surface area contributed by atoms with Crippen LogP contribution in [0.15, 0.2) is 4.52 Å². The van der Waals surface area contributed by atoms with Crippen molar-refractivity contribution >= 4 is 5.95 Å². The summed E-state index contributed by atoms with van der Waals surface area (Å²) in [5.74, 6) is 1.41. The first-order chi connectivity index (χ1) is 6.13. The Balaban J connectivity index is 2.66. The highest BCUT2D eigenvalue weighted by molar-refractivity contribution is 5.12. The Morgan fingerprint density at radius 1 is 1.46 bits per heavy atom. The molecule has 0 aliphatic rings. The van der Waals surface area contributed by atoms with E-state index in [1.807, 2.05) is 0 Å². The predicted molar refractivity (Wildman–Crippen MR) is 50.0 cm³/mol. The molecule has 0 aromatic carbocycles. The number of anilines is 1. The summed E-state index contributed by atoms with van der Waals surface area (Å²) >= 11 is 0. The highest BCUT2D eigenvalue weighted by atomic mass is 16.5. The fraction of sp³-hybridized carbons (Fsp3) is 0.750. The van der Waals surface area contributed by atoms with Crippen molar-refractivity contribution in [1.82, 2.24) is 10.1 Å². The minimum atomic E-state index is 0.129. The zero-order valence-electron chi connectivity index (χ0n) is 8.03. The van der Waals surface area contributed by atoms with Crippen LogP contribution in [-0.4, -0.2) is 16.7 Å². The van der Waals surface area contributed by atoms with Gasteiger partial charge in [0, 0.05) is 6.54 Å². The van der Waals surface area contributed by atoms with Crippen LogP contribution in [0.4, 0.5) is 5.95 Å². The molecule has 0 amide bonds. The number of nitrogen functional groups attached to an aromatic ring is 1. The van der Waals surface area contributed by atoms with Crippen molar-refractivity contribution in [3.8, 4) is 0 Å². The van der Waals surface area contributed by atoms with Gasteiger partial charge >= 0.3 is 0 Å². The zero-order chi connectivity index (χ0) is 9.84. The van der Waals surface area contributed by atoms with E-state index in [-0.39, 0.29) is 11.9 Å². The molecule has 0 radical (unpaired) electrons. The summed E-state index contributed by atoms with van der Waals surface area (Å²) in [6, 6.07) is 0. The lowest BCUT2D eigenvalue weighted by atomic mass is 9.97. The van der Waals surface area contributed by atoms with Crippen LogP contribution in [-0.2, 0) is 0 Å². The summed E-state index contributed by atoms with van der Waals surface area (Å²) in [5.41, 5.74) is 10.9. The van der Waals surface area contributed by atoms with Crippen LogP contribution in [0, 0.1) is 5.92 Å². The van der Waals surface area contributed by atoms with Gasteiger partial charge in [0.15, 0.2) is 0 Å². The van der Waals surface area contributed by atoms with Crippen molar-refractivity contribution in [2.24, 2.45) is 11.7 Å². The van der Waals surface area contributed by atoms with Gasteiger partial charge in [0.2, 0.25) is 5.89 Å². The second-order valence-electron chi connectivity index (χ2n) is 3.55. The van der Waals surface area contributed by atoms with Gasteiger partial charge in [-0.15, -0.1) is 0 Å². The van der Waals surface area contributed by atoms with Crippen molar-refractivity contribution < 1.29 is 4.52 Å². The summed E-state index contributed by atoms with van der Waals surface area (Å²) in [5, 5.41) is 3.53. The van der Waals surface area contributed by atoms with Crippen LogP contribution in [0.2, 0.25) is 0 Å². The van der Waals surface area contributed by atoms with E-state index in [0.717, 1.165) is 6.42 Å². The molecule has 74 valence electrons. The van der Waals surface area contributed by atoms with Crippen LogP contribution in [0.25, 0.3) is 0 Å². The number of nitrogens with two attached hydrogens (primary N) is 2. The fourth-order valence-electron chi connectivity index (χ4n) is 1.28. The molecule has 0 aliphatic heterocycles. The molecule has 1 aromatic rings. The Kier molecular flexibility index (Phi) is 3.25. The van der Waals surface area contributed by atoms with Crippen molar-refractivity contribution in [3.05, 3.63) is 5.89 Å². The van der Waals surface area contributed by atoms with Gasteiger partial charge in [-0.05, 0) is 17.5 Å². The Morgan fingerprint density at radius 3 is 2.54 bits per heavy atom. The molecular weight excluding hydrogens is 168 g/mol. The highest BCUT2D eigenvalue weighted by Crippen LogP contribution is 2.21. The topological polar surface area (TPSA) is 91.0 Å². The lowest BCUT2D eigenvalue weighted by molar-refractivity contribution is 0.335. The number of rotatable bonds is 4. The summed E-state index contributed by atoms with van der Waals surface area (Å²) in [6.07, 6.45) is 0.943. The van der Waals surface area contributed by atoms with Gasteiger partial charge in [0.1, 0.15) is 0 Å². The average molecular weight is 184 g/mol. The molecule has 13 heavy (non-hydrogen) atoms. The van der Waals surface area contributed by atoms with Crippen LogP contribution in [0.5, 0.6) is 0 Å². The number of hydrogen-bond donors (Lipinski definition) is 2. The average Bonchev–Trinajstić information content (AvgIpc) is 2.47. The van der Waals surface area contributed by atoms with Crippen molar-refractivity contribution in [3.63, 3.8) is 0 Å². The molecule has 1 unspecified atom stereocenters. The summed E-state index contributed by atoms with van der Waals surface area (Å²) < 4.78 is 4.95. The molecule has 0 saturated carbocycles. The van der Waals surface area contributed by atoms with Crippen LogP contribution < -0.4 is 11.5 Å². The number of nitrogens with zero attached hydrogens (tertiary/aromatic N) is 2. The fourth-order valence-corrected chi connectivity index (χ4v) is 1.28. The van der Waals surface area contributed by atoms with E-state index >= 15 is 0 Å². The maximum atomic E-state index is 5.59. The van der Waals surface area contributed by atoms with Gasteiger partial charge < -0.3 is 16.0 Å². The van der Waals surface area contributed by atoms with E-state index in [1.54, 1.807) is 0 Å². The minimum absolute atomic E-state index is 0.129. The molecule has 0 saturated heterocycles. The monoisotopic (exact) mass is 184 g/mol. The van der Waals surface area contributed by atoms with E-state index in [0.29, 0.717) is 18.4 Å². The van der Waals surface area contributed by atoms with Gasteiger partial charge in [-0.2, -0.15) is 4.98 Å². The van der Waals surface area contributed by atoms with Gasteiger partial charge in [0.25, 0.3) is 5.95 Å². The third-order valence-electron chi connectivity index (χ3n) is 1.85. The smallest absolute Gasteiger partial charge is 0.260 e. The zero-order valence-corrected chi connectivity index (χ0v) is 8.03. The van der Waals surface area contributed by atoms with Gasteiger partial charge in [-0.3, -0.25) is 0 Å². The lowest BCUT2D eigenvalue weighted by Crippen LogP contribution is -2.15. The molecule has 0 fully saturated rings. The molecule has 5 nitrogen and oxygen atoms in total. The Morgan fingerprint density at radius 2 is 2.15 bits per heavy atom. The third kappa shape index (κ3) is 2.69. The van der Waals surface area contributed by atoms with Crippen LogP contribution in [0.1, 0.15) is 32.1 Å². The molecule has 0 aliphatic carbocycles. The van der Waals surface area contributed by atoms with Gasteiger partial charge in [-0.1, -0.05) is 13.8 Å². The largest absolute Gasteiger partial charge is 0.365 e. The molecule has 0 bridgehead atoms. The second-order valence-corrected chi connectivity index (χ2v) is 3.55. The van der Waals surface area contributed by atoms with Gasteiger partial charge in [-0.25, -0.2) is 0 Å². The first kappa shape index (κ1) is 9.98. The number of aromatic nitrogens is 2. The molecule has 1 aromatic heterocycles. The molecule has 5 heteroatoms. The maximum absolute atomic E-state index is 5.59. The second kappa shape index (κ2) is 4.23. The maximum Gasteiger partial charge on any atom is 0.260 e. The molecule has 1 atom stereocenters. The van der Waals surface area contributed by atoms with Crippen LogP contribution >= 0.6 is 0 Å². The van der Waals surface area contributed by atoms with E-state index in [9.17, 15) is 0 Å². The molecule has 0 spiro atoms. The number of hydrogen-bond acceptors (Lipinski definition) is 5. The first-order valence-electron chi connectivity index (χ1n) is 4.42. The van der Waals surface area contributed by atoms with Crippen molar-refractivity contribution in [2.45, 2.75) is 26.2 Å². The molecule has 1 rings (SSSR count). The van der Waals surface area contributed by atoms with E-state index in [1.165, 1.54) is 0 Å². The normalized spacial score (nSPS) is 13.5. The van der Waals surface area contributed by atoms with E-state index in [2.05, 4.69) is 24.0 Å². The highest BCUT2D eigenvalue weighted by Gasteiger charge is 2.17. The lowest BCUT2D eigenvalue weighted by Gasteiger charge is -2.11. The van der Waals surface area contributed by atoms with Gasteiger partial charge in [0.05, 0.1) is 5.92 Å². The summed E-state index contributed by atoms with van der Waals surface area (Å²) in [7, 11) is 0. The van der Waals surface area contributed by atoms with E-state index in [4.69, 9.17) is 16.0 Å².